The molecule has 0 amide bonds. The standard InChI is InChI=1S/C15H19NO3/c1-19-15(18)9-12-7-8-16(10-12)14(11-17)13-5-3-2-4-6-13/h2-6,11-12,14H,7-10H2,1H3. The minimum absolute atomic E-state index is 0.172. The van der Waals surface area contributed by atoms with Crippen molar-refractivity contribution in [3.63, 3.8) is 0 Å². The zero-order chi connectivity index (χ0) is 13.7. The highest BCUT2D eigenvalue weighted by molar-refractivity contribution is 5.69. The van der Waals surface area contributed by atoms with Gasteiger partial charge in [0.25, 0.3) is 0 Å². The average Bonchev–Trinajstić information content (AvgIpc) is 2.89. The van der Waals surface area contributed by atoms with Crippen molar-refractivity contribution in [2.45, 2.75) is 18.9 Å². The smallest absolute Gasteiger partial charge is 0.305 e. The molecule has 1 heterocycles. The zero-order valence-electron chi connectivity index (χ0n) is 11.1. The van der Waals surface area contributed by atoms with Crippen LogP contribution in [0.4, 0.5) is 0 Å². The lowest BCUT2D eigenvalue weighted by Gasteiger charge is -2.23. The maximum absolute atomic E-state index is 11.3. The number of carbonyl (C=O) groups is 2. The van der Waals surface area contributed by atoms with Gasteiger partial charge in [-0.3, -0.25) is 9.69 Å². The summed E-state index contributed by atoms with van der Waals surface area (Å²) in [5.41, 5.74) is 1.01. The molecule has 2 unspecified atom stereocenters. The largest absolute Gasteiger partial charge is 0.469 e. The van der Waals surface area contributed by atoms with E-state index in [1.165, 1.54) is 7.11 Å². The van der Waals surface area contributed by atoms with Crippen LogP contribution in [0, 0.1) is 5.92 Å². The van der Waals surface area contributed by atoms with E-state index in [9.17, 15) is 9.59 Å². The summed E-state index contributed by atoms with van der Waals surface area (Å²) < 4.78 is 4.69. The van der Waals surface area contributed by atoms with E-state index in [2.05, 4.69) is 4.90 Å². The third-order valence-corrected chi connectivity index (χ3v) is 3.66. The molecule has 0 radical (unpaired) electrons. The number of hydrogen-bond acceptors (Lipinski definition) is 4. The van der Waals surface area contributed by atoms with Crippen LogP contribution in [0.2, 0.25) is 0 Å². The van der Waals surface area contributed by atoms with Crippen LogP contribution in [0.5, 0.6) is 0 Å². The summed E-state index contributed by atoms with van der Waals surface area (Å²) in [6.07, 6.45) is 2.36. The Morgan fingerprint density at radius 1 is 1.47 bits per heavy atom. The Morgan fingerprint density at radius 2 is 2.21 bits per heavy atom. The van der Waals surface area contributed by atoms with E-state index in [4.69, 9.17) is 4.74 Å². The van der Waals surface area contributed by atoms with Crippen molar-refractivity contribution in [3.8, 4) is 0 Å². The molecule has 0 aliphatic carbocycles. The Balaban J connectivity index is 1.99. The lowest BCUT2D eigenvalue weighted by molar-refractivity contribution is -0.141. The van der Waals surface area contributed by atoms with Crippen LogP contribution in [0.3, 0.4) is 0 Å². The van der Waals surface area contributed by atoms with Crippen molar-refractivity contribution < 1.29 is 14.3 Å². The Bertz CT molecular complexity index is 432. The van der Waals surface area contributed by atoms with Crippen LogP contribution in [-0.4, -0.2) is 37.4 Å². The van der Waals surface area contributed by atoms with Crippen molar-refractivity contribution >= 4 is 12.3 Å². The molecule has 102 valence electrons. The number of aldehydes is 1. The molecule has 4 heteroatoms. The molecule has 2 rings (SSSR count). The molecule has 0 spiro atoms. The van der Waals surface area contributed by atoms with Crippen LogP contribution >= 0.6 is 0 Å². The fourth-order valence-corrected chi connectivity index (χ4v) is 2.63. The molecular weight excluding hydrogens is 242 g/mol. The van der Waals surface area contributed by atoms with E-state index in [0.717, 1.165) is 31.4 Å². The van der Waals surface area contributed by atoms with Gasteiger partial charge in [0.15, 0.2) is 0 Å². The van der Waals surface area contributed by atoms with E-state index in [1.54, 1.807) is 0 Å². The SMILES string of the molecule is COC(=O)CC1CCN(C(C=O)c2ccccc2)C1. The lowest BCUT2D eigenvalue weighted by atomic mass is 10.0. The Morgan fingerprint density at radius 3 is 2.84 bits per heavy atom. The monoisotopic (exact) mass is 261 g/mol. The van der Waals surface area contributed by atoms with Crippen LogP contribution in [0.15, 0.2) is 30.3 Å². The summed E-state index contributed by atoms with van der Waals surface area (Å²) >= 11 is 0. The number of methoxy groups -OCH3 is 1. The van der Waals surface area contributed by atoms with Gasteiger partial charge < -0.3 is 9.53 Å². The molecule has 0 bridgehead atoms. The number of rotatable bonds is 5. The van der Waals surface area contributed by atoms with E-state index < -0.39 is 0 Å². The van der Waals surface area contributed by atoms with Gasteiger partial charge in [0, 0.05) is 13.0 Å². The number of benzene rings is 1. The van der Waals surface area contributed by atoms with Crippen molar-refractivity contribution in [2.24, 2.45) is 5.92 Å². The summed E-state index contributed by atoms with van der Waals surface area (Å²) in [5, 5.41) is 0. The molecule has 1 aromatic rings. The summed E-state index contributed by atoms with van der Waals surface area (Å²) in [5.74, 6) is 0.118. The van der Waals surface area contributed by atoms with Gasteiger partial charge >= 0.3 is 5.97 Å². The third kappa shape index (κ3) is 3.41. The number of ether oxygens (including phenoxy) is 1. The van der Waals surface area contributed by atoms with Crippen LogP contribution in [-0.2, 0) is 14.3 Å². The number of hydrogen-bond donors (Lipinski definition) is 0. The molecule has 0 saturated carbocycles. The molecule has 0 N–H and O–H groups in total. The van der Waals surface area contributed by atoms with Gasteiger partial charge in [-0.15, -0.1) is 0 Å². The second-order valence-electron chi connectivity index (χ2n) is 4.92. The van der Waals surface area contributed by atoms with E-state index in [-0.39, 0.29) is 12.0 Å². The predicted octanol–water partition coefficient (Wildman–Crippen LogP) is 1.81. The van der Waals surface area contributed by atoms with Crippen LogP contribution in [0.1, 0.15) is 24.4 Å². The Kier molecular flexibility index (Phi) is 4.68. The van der Waals surface area contributed by atoms with E-state index in [0.29, 0.717) is 12.3 Å². The molecule has 0 aromatic heterocycles. The van der Waals surface area contributed by atoms with Gasteiger partial charge in [-0.1, -0.05) is 30.3 Å². The first-order valence-corrected chi connectivity index (χ1v) is 6.55. The Labute approximate surface area is 113 Å². The van der Waals surface area contributed by atoms with Gasteiger partial charge in [0.05, 0.1) is 13.2 Å². The molecule has 1 aromatic carbocycles. The first-order chi connectivity index (χ1) is 9.24. The zero-order valence-corrected chi connectivity index (χ0v) is 11.1. The normalized spacial score (nSPS) is 21.0. The number of likely N-dealkylation sites (tertiary alicyclic amines) is 1. The van der Waals surface area contributed by atoms with Gasteiger partial charge in [-0.05, 0) is 24.4 Å². The summed E-state index contributed by atoms with van der Waals surface area (Å²) in [4.78, 5) is 24.8. The maximum atomic E-state index is 11.3. The number of esters is 1. The van der Waals surface area contributed by atoms with Crippen molar-refractivity contribution in [2.75, 3.05) is 20.2 Å². The van der Waals surface area contributed by atoms with Crippen LogP contribution in [0.25, 0.3) is 0 Å². The minimum atomic E-state index is -0.205. The fraction of sp³-hybridized carbons (Fsp3) is 0.467. The Hall–Kier alpha value is -1.68. The first kappa shape index (κ1) is 13.7. The molecule has 1 fully saturated rings. The van der Waals surface area contributed by atoms with Crippen molar-refractivity contribution in [3.05, 3.63) is 35.9 Å². The summed E-state index contributed by atoms with van der Waals surface area (Å²) in [6, 6.07) is 9.54. The maximum Gasteiger partial charge on any atom is 0.305 e. The number of nitrogens with zero attached hydrogens (tertiary/aromatic N) is 1. The summed E-state index contributed by atoms with van der Waals surface area (Å²) in [7, 11) is 1.41. The molecular formula is C15H19NO3. The van der Waals surface area contributed by atoms with Gasteiger partial charge in [-0.25, -0.2) is 0 Å². The lowest BCUT2D eigenvalue weighted by Crippen LogP contribution is -2.28. The second-order valence-corrected chi connectivity index (χ2v) is 4.92. The van der Waals surface area contributed by atoms with Crippen LogP contribution < -0.4 is 0 Å². The van der Waals surface area contributed by atoms with E-state index >= 15 is 0 Å². The highest BCUT2D eigenvalue weighted by atomic mass is 16.5. The summed E-state index contributed by atoms with van der Waals surface area (Å²) in [6.45, 7) is 1.62. The molecule has 4 nitrogen and oxygen atoms in total. The van der Waals surface area contributed by atoms with Crippen molar-refractivity contribution in [1.29, 1.82) is 0 Å². The topological polar surface area (TPSA) is 46.6 Å². The third-order valence-electron chi connectivity index (χ3n) is 3.66. The average molecular weight is 261 g/mol. The quantitative estimate of drug-likeness (QED) is 0.599. The minimum Gasteiger partial charge on any atom is -0.469 e. The first-order valence-electron chi connectivity index (χ1n) is 6.55. The molecule has 1 aliphatic rings. The van der Waals surface area contributed by atoms with Gasteiger partial charge in [0.1, 0.15) is 6.29 Å². The van der Waals surface area contributed by atoms with Gasteiger partial charge in [-0.2, -0.15) is 0 Å². The highest BCUT2D eigenvalue weighted by Crippen LogP contribution is 2.28. The second kappa shape index (κ2) is 6.48. The number of carbonyl (C=O) groups excluding carboxylic acids is 2. The molecule has 1 saturated heterocycles. The predicted molar refractivity (Wildman–Crippen MR) is 71.6 cm³/mol. The molecule has 19 heavy (non-hydrogen) atoms. The highest BCUT2D eigenvalue weighted by Gasteiger charge is 2.30. The van der Waals surface area contributed by atoms with Gasteiger partial charge in [0.2, 0.25) is 0 Å². The van der Waals surface area contributed by atoms with Crippen molar-refractivity contribution in [1.82, 2.24) is 4.90 Å². The fourth-order valence-electron chi connectivity index (χ4n) is 2.63. The molecule has 1 aliphatic heterocycles. The molecule has 2 atom stereocenters. The van der Waals surface area contributed by atoms with E-state index in [1.807, 2.05) is 30.3 Å².